The standard InChI is InChI=1S/C38H30N4O5S/c1-44-32-17-26(13-15-30(32)46-22-24-9-5-3-6-10-24)18-34-37(43)42-36(41)28(20-39)35(29(21-40)38(42)48-34)27-14-16-31(33(19-27)45-2)47-23-25-11-7-4-8-12-25/h3-19,35H,22-23,41H2,1-2H3/b34-18+/t35-/m1/s1. The Morgan fingerprint density at radius 1 is 0.771 bits per heavy atom. The van der Waals surface area contributed by atoms with Crippen LogP contribution in [0, 0.1) is 22.7 Å². The van der Waals surface area contributed by atoms with Gasteiger partial charge in [0.25, 0.3) is 5.56 Å². The second-order valence-electron chi connectivity index (χ2n) is 10.8. The molecule has 6 rings (SSSR count). The van der Waals surface area contributed by atoms with Gasteiger partial charge >= 0.3 is 0 Å². The van der Waals surface area contributed by atoms with Crippen LogP contribution in [0.5, 0.6) is 23.0 Å². The Morgan fingerprint density at radius 3 is 1.90 bits per heavy atom. The summed E-state index contributed by atoms with van der Waals surface area (Å²) < 4.78 is 25.1. The molecule has 0 aliphatic carbocycles. The molecule has 0 spiro atoms. The zero-order valence-electron chi connectivity index (χ0n) is 26.2. The third-order valence-electron chi connectivity index (χ3n) is 7.87. The van der Waals surface area contributed by atoms with Crippen LogP contribution in [0.2, 0.25) is 0 Å². The van der Waals surface area contributed by atoms with E-state index < -0.39 is 11.5 Å². The molecule has 0 bridgehead atoms. The number of nitriles is 2. The van der Waals surface area contributed by atoms with Crippen molar-refractivity contribution in [3.05, 3.63) is 144 Å². The third-order valence-corrected chi connectivity index (χ3v) is 8.98. The lowest BCUT2D eigenvalue weighted by atomic mass is 9.84. The van der Waals surface area contributed by atoms with E-state index >= 15 is 0 Å². The fraction of sp³-hybridized carbons (Fsp3) is 0.132. The van der Waals surface area contributed by atoms with E-state index in [0.29, 0.717) is 56.5 Å². The van der Waals surface area contributed by atoms with Crippen LogP contribution in [-0.4, -0.2) is 18.8 Å². The van der Waals surface area contributed by atoms with Crippen molar-refractivity contribution in [2.75, 3.05) is 14.2 Å². The summed E-state index contributed by atoms with van der Waals surface area (Å²) in [5.41, 5.74) is 9.69. The zero-order valence-corrected chi connectivity index (χ0v) is 27.0. The number of benzene rings is 4. The molecule has 48 heavy (non-hydrogen) atoms. The summed E-state index contributed by atoms with van der Waals surface area (Å²) in [4.78, 5) is 13.7. The molecule has 10 heteroatoms. The van der Waals surface area contributed by atoms with Crippen LogP contribution in [0.25, 0.3) is 17.5 Å². The van der Waals surface area contributed by atoms with E-state index in [1.165, 1.54) is 11.7 Å². The predicted molar refractivity (Wildman–Crippen MR) is 184 cm³/mol. The molecule has 4 aromatic carbocycles. The van der Waals surface area contributed by atoms with Gasteiger partial charge in [0.15, 0.2) is 23.0 Å². The van der Waals surface area contributed by atoms with Crippen LogP contribution in [0.4, 0.5) is 0 Å². The van der Waals surface area contributed by atoms with Crippen LogP contribution >= 0.6 is 11.3 Å². The minimum atomic E-state index is -0.816. The number of allylic oxidation sites excluding steroid dienone is 1. The largest absolute Gasteiger partial charge is 0.493 e. The molecular formula is C38H30N4O5S. The minimum absolute atomic E-state index is 0.0250. The summed E-state index contributed by atoms with van der Waals surface area (Å²) in [6, 6.07) is 34.5. The molecule has 2 heterocycles. The van der Waals surface area contributed by atoms with Gasteiger partial charge < -0.3 is 24.7 Å². The Labute approximate surface area is 280 Å². The number of methoxy groups -OCH3 is 2. The predicted octanol–water partition coefficient (Wildman–Crippen LogP) is 5.04. The molecule has 0 unspecified atom stereocenters. The Kier molecular flexibility index (Phi) is 9.28. The maximum absolute atomic E-state index is 13.7. The molecule has 1 aliphatic heterocycles. The summed E-state index contributed by atoms with van der Waals surface area (Å²) in [7, 11) is 3.07. The Morgan fingerprint density at radius 2 is 1.33 bits per heavy atom. The fourth-order valence-electron chi connectivity index (χ4n) is 5.48. The molecule has 0 saturated carbocycles. The quantitative estimate of drug-likeness (QED) is 0.222. The lowest BCUT2D eigenvalue weighted by Crippen LogP contribution is -2.38. The second kappa shape index (κ2) is 14.0. The highest BCUT2D eigenvalue weighted by Gasteiger charge is 2.32. The van der Waals surface area contributed by atoms with E-state index in [9.17, 15) is 15.3 Å². The van der Waals surface area contributed by atoms with Gasteiger partial charge in [-0.1, -0.05) is 72.8 Å². The number of rotatable bonds is 10. The highest BCUT2D eigenvalue weighted by molar-refractivity contribution is 7.07. The summed E-state index contributed by atoms with van der Waals surface area (Å²) >= 11 is 1.13. The van der Waals surface area contributed by atoms with Crippen molar-refractivity contribution < 1.29 is 18.9 Å². The number of hydrogen-bond acceptors (Lipinski definition) is 9. The summed E-state index contributed by atoms with van der Waals surface area (Å²) in [6.07, 6.45) is 1.70. The number of fused-ring (bicyclic) bond motifs is 1. The Bertz CT molecular complexity index is 2280. The molecule has 0 radical (unpaired) electrons. The third kappa shape index (κ3) is 6.25. The smallest absolute Gasteiger partial charge is 0.274 e. The average Bonchev–Trinajstić information content (AvgIpc) is 3.45. The molecule has 0 saturated heterocycles. The molecule has 0 fully saturated rings. The number of nitrogens with two attached hydrogens (primary N) is 1. The van der Waals surface area contributed by atoms with E-state index in [-0.39, 0.29) is 17.0 Å². The number of nitrogens with zero attached hydrogens (tertiary/aromatic N) is 3. The topological polar surface area (TPSA) is 133 Å². The molecule has 1 aromatic heterocycles. The fourth-order valence-corrected chi connectivity index (χ4v) is 6.61. The number of aromatic nitrogens is 1. The average molecular weight is 655 g/mol. The summed E-state index contributed by atoms with van der Waals surface area (Å²) in [5, 5.41) is 20.7. The number of hydrogen-bond donors (Lipinski definition) is 1. The highest BCUT2D eigenvalue weighted by Crippen LogP contribution is 2.39. The van der Waals surface area contributed by atoms with Crippen molar-refractivity contribution in [3.63, 3.8) is 0 Å². The van der Waals surface area contributed by atoms with Gasteiger partial charge in [0.05, 0.1) is 48.0 Å². The first-order valence-electron chi connectivity index (χ1n) is 14.9. The van der Waals surface area contributed by atoms with Gasteiger partial charge in [-0.15, -0.1) is 11.3 Å². The number of ether oxygens (including phenoxy) is 4. The maximum atomic E-state index is 13.7. The molecule has 238 valence electrons. The van der Waals surface area contributed by atoms with Crippen molar-refractivity contribution in [1.29, 1.82) is 10.5 Å². The van der Waals surface area contributed by atoms with Crippen LogP contribution in [0.1, 0.15) is 28.2 Å². The Hall–Kier alpha value is -6.23. The SMILES string of the molecule is COc1cc(/C=c2/sc3n(c2=O)C(N)=C(C#N)[C@@H](c2ccc(OCc4ccccc4)c(OC)c2)C=3C#N)ccc1OCc1ccccc1. The van der Waals surface area contributed by atoms with Gasteiger partial charge in [-0.05, 0) is 52.6 Å². The van der Waals surface area contributed by atoms with Gasteiger partial charge in [0.2, 0.25) is 0 Å². The summed E-state index contributed by atoms with van der Waals surface area (Å²) in [6.45, 7) is 0.706. The molecule has 1 aliphatic rings. The van der Waals surface area contributed by atoms with Crippen molar-refractivity contribution in [2.24, 2.45) is 5.73 Å². The van der Waals surface area contributed by atoms with E-state index in [1.54, 1.807) is 43.5 Å². The van der Waals surface area contributed by atoms with Crippen LogP contribution in [-0.2, 0) is 13.2 Å². The van der Waals surface area contributed by atoms with Gasteiger partial charge in [0.1, 0.15) is 23.7 Å². The zero-order chi connectivity index (χ0) is 33.6. The van der Waals surface area contributed by atoms with Crippen LogP contribution < -0.4 is 39.4 Å². The van der Waals surface area contributed by atoms with E-state index in [2.05, 4.69) is 12.1 Å². The molecule has 5 aromatic rings. The van der Waals surface area contributed by atoms with Crippen LogP contribution in [0.3, 0.4) is 0 Å². The van der Waals surface area contributed by atoms with Gasteiger partial charge in [-0.3, -0.25) is 9.36 Å². The normalized spacial score (nSPS) is 14.1. The monoisotopic (exact) mass is 654 g/mol. The second-order valence-corrected chi connectivity index (χ2v) is 11.8. The molecule has 0 amide bonds. The highest BCUT2D eigenvalue weighted by atomic mass is 32.1. The first-order valence-corrected chi connectivity index (χ1v) is 15.7. The van der Waals surface area contributed by atoms with Crippen molar-refractivity contribution in [1.82, 2.24) is 4.57 Å². The Balaban J connectivity index is 1.37. The van der Waals surface area contributed by atoms with Gasteiger partial charge in [-0.2, -0.15) is 10.5 Å². The van der Waals surface area contributed by atoms with E-state index in [0.717, 1.165) is 22.5 Å². The first kappa shape index (κ1) is 31.7. The van der Waals surface area contributed by atoms with Crippen molar-refractivity contribution >= 4 is 28.8 Å². The van der Waals surface area contributed by atoms with Crippen molar-refractivity contribution in [3.8, 4) is 35.1 Å². The lowest BCUT2D eigenvalue weighted by molar-refractivity contribution is 0.284. The first-order chi connectivity index (χ1) is 23.4. The number of thiazole rings is 1. The maximum Gasteiger partial charge on any atom is 0.274 e. The molecule has 1 atom stereocenters. The minimum Gasteiger partial charge on any atom is -0.493 e. The van der Waals surface area contributed by atoms with Crippen molar-refractivity contribution in [2.45, 2.75) is 19.1 Å². The molecule has 2 N–H and O–H groups in total. The van der Waals surface area contributed by atoms with Gasteiger partial charge in [0, 0.05) is 0 Å². The molecule has 9 nitrogen and oxygen atoms in total. The lowest BCUT2D eigenvalue weighted by Gasteiger charge is -2.23. The summed E-state index contributed by atoms with van der Waals surface area (Å²) in [5.74, 6) is 1.16. The van der Waals surface area contributed by atoms with Crippen LogP contribution in [0.15, 0.2) is 107 Å². The van der Waals surface area contributed by atoms with E-state index in [4.69, 9.17) is 24.7 Å². The van der Waals surface area contributed by atoms with Gasteiger partial charge in [-0.25, -0.2) is 0 Å². The molecular weight excluding hydrogens is 625 g/mol. The van der Waals surface area contributed by atoms with E-state index in [1.807, 2.05) is 66.7 Å².